The van der Waals surface area contributed by atoms with Crippen molar-refractivity contribution in [2.24, 2.45) is 11.7 Å². The molecule has 1 aliphatic rings. The lowest BCUT2D eigenvalue weighted by Crippen LogP contribution is -2.53. The number of nitrogens with zero attached hydrogens (tertiary/aromatic N) is 1. The van der Waals surface area contributed by atoms with Gasteiger partial charge in [0.15, 0.2) is 0 Å². The summed E-state index contributed by atoms with van der Waals surface area (Å²) in [5, 5.41) is 22.6. The van der Waals surface area contributed by atoms with Crippen LogP contribution in [0.4, 0.5) is 0 Å². The molecule has 0 aliphatic carbocycles. The first-order valence-electron chi connectivity index (χ1n) is 9.12. The molecule has 1 saturated heterocycles. The van der Waals surface area contributed by atoms with Gasteiger partial charge in [-0.15, -0.1) is 0 Å². The maximum absolute atomic E-state index is 12.4. The van der Waals surface area contributed by atoms with Crippen LogP contribution in [0.2, 0.25) is 0 Å². The molecule has 28 heavy (non-hydrogen) atoms. The number of nitrogens with one attached hydrogen (secondary N) is 2. The molecule has 0 saturated carbocycles. The number of carboxylic acids is 2. The predicted molar refractivity (Wildman–Crippen MR) is 97.0 cm³/mol. The van der Waals surface area contributed by atoms with Gasteiger partial charge >= 0.3 is 11.9 Å². The van der Waals surface area contributed by atoms with Gasteiger partial charge in [0.2, 0.25) is 17.7 Å². The van der Waals surface area contributed by atoms with Crippen molar-refractivity contribution in [3.8, 4) is 0 Å². The second-order valence-corrected chi connectivity index (χ2v) is 7.06. The lowest BCUT2D eigenvalue weighted by molar-refractivity contribution is -0.144. The Kier molecular flexibility index (Phi) is 8.83. The van der Waals surface area contributed by atoms with E-state index in [0.717, 1.165) is 0 Å². The molecule has 3 atom stereocenters. The molecule has 6 N–H and O–H groups in total. The molecular formula is C17H28N4O7. The summed E-state index contributed by atoms with van der Waals surface area (Å²) in [7, 11) is 0. The van der Waals surface area contributed by atoms with E-state index in [4.69, 9.17) is 15.9 Å². The first kappa shape index (κ1) is 23.3. The molecule has 0 spiro atoms. The summed E-state index contributed by atoms with van der Waals surface area (Å²) < 4.78 is 0. The standard InChI is InChI=1S/C17H28N4O7/c1-9(2)14(18)16(26)19-8-12(22)21-7-3-4-11(21)15(25)20-10(17(27)28)5-6-13(23)24/h9-11,14H,3-8,18H2,1-2H3,(H,19,26)(H,20,25)(H,23,24)(H,27,28)/t10-,11-,14-/m0/s1. The van der Waals surface area contributed by atoms with Crippen LogP contribution < -0.4 is 16.4 Å². The van der Waals surface area contributed by atoms with Crippen LogP contribution in [0.3, 0.4) is 0 Å². The number of aliphatic carboxylic acids is 2. The third-order valence-electron chi connectivity index (χ3n) is 4.57. The molecule has 158 valence electrons. The van der Waals surface area contributed by atoms with E-state index >= 15 is 0 Å². The van der Waals surface area contributed by atoms with E-state index in [0.29, 0.717) is 19.4 Å². The Balaban J connectivity index is 2.65. The molecule has 0 aromatic carbocycles. The average Bonchev–Trinajstić information content (AvgIpc) is 3.11. The number of likely N-dealkylation sites (tertiary alicyclic amines) is 1. The molecule has 11 heteroatoms. The second-order valence-electron chi connectivity index (χ2n) is 7.06. The predicted octanol–water partition coefficient (Wildman–Crippen LogP) is -1.49. The van der Waals surface area contributed by atoms with Crippen LogP contribution in [0.1, 0.15) is 39.5 Å². The largest absolute Gasteiger partial charge is 0.481 e. The Bertz CT molecular complexity index is 623. The highest BCUT2D eigenvalue weighted by molar-refractivity contribution is 5.93. The van der Waals surface area contributed by atoms with Gasteiger partial charge in [-0.2, -0.15) is 0 Å². The van der Waals surface area contributed by atoms with E-state index in [1.807, 2.05) is 0 Å². The number of hydrogen-bond donors (Lipinski definition) is 5. The summed E-state index contributed by atoms with van der Waals surface area (Å²) >= 11 is 0. The van der Waals surface area contributed by atoms with E-state index < -0.39 is 54.2 Å². The van der Waals surface area contributed by atoms with Gasteiger partial charge in [0, 0.05) is 13.0 Å². The summed E-state index contributed by atoms with van der Waals surface area (Å²) in [6, 6.07) is -2.98. The molecule has 0 radical (unpaired) electrons. The monoisotopic (exact) mass is 400 g/mol. The second kappa shape index (κ2) is 10.6. The van der Waals surface area contributed by atoms with Gasteiger partial charge < -0.3 is 31.5 Å². The number of hydrogen-bond acceptors (Lipinski definition) is 6. The summed E-state index contributed by atoms with van der Waals surface area (Å²) in [4.78, 5) is 59.8. The minimum absolute atomic E-state index is 0.0980. The number of carbonyl (C=O) groups is 5. The van der Waals surface area contributed by atoms with Crippen LogP contribution in [0, 0.1) is 5.92 Å². The van der Waals surface area contributed by atoms with Crippen molar-refractivity contribution in [2.45, 2.75) is 57.7 Å². The number of amides is 3. The Morgan fingerprint density at radius 3 is 2.36 bits per heavy atom. The van der Waals surface area contributed by atoms with Crippen LogP contribution in [-0.2, 0) is 24.0 Å². The van der Waals surface area contributed by atoms with Crippen molar-refractivity contribution in [3.63, 3.8) is 0 Å². The Labute approximate surface area is 162 Å². The third kappa shape index (κ3) is 6.80. The molecule has 1 fully saturated rings. The molecular weight excluding hydrogens is 372 g/mol. The SMILES string of the molecule is CC(C)[C@H](N)C(=O)NCC(=O)N1CCC[C@H]1C(=O)N[C@@H](CCC(=O)O)C(=O)O. The van der Waals surface area contributed by atoms with Crippen molar-refractivity contribution < 1.29 is 34.2 Å². The normalized spacial score (nSPS) is 18.4. The Morgan fingerprint density at radius 1 is 1.18 bits per heavy atom. The van der Waals surface area contributed by atoms with Gasteiger partial charge in [-0.25, -0.2) is 4.79 Å². The van der Waals surface area contributed by atoms with Crippen molar-refractivity contribution in [3.05, 3.63) is 0 Å². The number of nitrogens with two attached hydrogens (primary N) is 1. The first-order chi connectivity index (χ1) is 13.0. The topological polar surface area (TPSA) is 179 Å². The molecule has 1 heterocycles. The van der Waals surface area contributed by atoms with Crippen LogP contribution >= 0.6 is 0 Å². The van der Waals surface area contributed by atoms with Gasteiger partial charge in [0.1, 0.15) is 12.1 Å². The van der Waals surface area contributed by atoms with Crippen LogP contribution in [0.25, 0.3) is 0 Å². The molecule has 0 aromatic rings. The van der Waals surface area contributed by atoms with E-state index in [-0.39, 0.29) is 18.9 Å². The van der Waals surface area contributed by atoms with Gasteiger partial charge in [0.25, 0.3) is 0 Å². The van der Waals surface area contributed by atoms with Crippen molar-refractivity contribution >= 4 is 29.7 Å². The zero-order chi connectivity index (χ0) is 21.4. The molecule has 0 unspecified atom stereocenters. The zero-order valence-corrected chi connectivity index (χ0v) is 16.0. The Hall–Kier alpha value is -2.69. The fraction of sp³-hybridized carbons (Fsp3) is 0.706. The summed E-state index contributed by atoms with van der Waals surface area (Å²) in [6.07, 6.45) is 0.228. The highest BCUT2D eigenvalue weighted by atomic mass is 16.4. The van der Waals surface area contributed by atoms with E-state index in [2.05, 4.69) is 10.6 Å². The number of carbonyl (C=O) groups excluding carboxylic acids is 3. The van der Waals surface area contributed by atoms with Gasteiger partial charge in [-0.05, 0) is 25.2 Å². The zero-order valence-electron chi connectivity index (χ0n) is 16.0. The quantitative estimate of drug-likeness (QED) is 0.294. The lowest BCUT2D eigenvalue weighted by atomic mass is 10.1. The van der Waals surface area contributed by atoms with Crippen LogP contribution in [0.5, 0.6) is 0 Å². The number of carboxylic acid groups (broad SMARTS) is 2. The fourth-order valence-electron chi connectivity index (χ4n) is 2.82. The maximum atomic E-state index is 12.4. The maximum Gasteiger partial charge on any atom is 0.326 e. The molecule has 1 rings (SSSR count). The molecule has 11 nitrogen and oxygen atoms in total. The van der Waals surface area contributed by atoms with E-state index in [1.165, 1.54) is 4.90 Å². The third-order valence-corrected chi connectivity index (χ3v) is 4.57. The van der Waals surface area contributed by atoms with E-state index in [1.54, 1.807) is 13.8 Å². The summed E-state index contributed by atoms with van der Waals surface area (Å²) in [5.41, 5.74) is 5.71. The first-order valence-corrected chi connectivity index (χ1v) is 9.12. The summed E-state index contributed by atoms with van der Waals surface area (Å²) in [5.74, 6) is -4.22. The number of rotatable bonds is 10. The highest BCUT2D eigenvalue weighted by Gasteiger charge is 2.36. The minimum Gasteiger partial charge on any atom is -0.481 e. The van der Waals surface area contributed by atoms with Crippen molar-refractivity contribution in [1.82, 2.24) is 15.5 Å². The smallest absolute Gasteiger partial charge is 0.326 e. The van der Waals surface area contributed by atoms with Crippen molar-refractivity contribution in [2.75, 3.05) is 13.1 Å². The average molecular weight is 400 g/mol. The summed E-state index contributed by atoms with van der Waals surface area (Å²) in [6.45, 7) is 3.53. The van der Waals surface area contributed by atoms with Crippen LogP contribution in [0.15, 0.2) is 0 Å². The molecule has 3 amide bonds. The van der Waals surface area contributed by atoms with Crippen molar-refractivity contribution in [1.29, 1.82) is 0 Å². The highest BCUT2D eigenvalue weighted by Crippen LogP contribution is 2.18. The van der Waals surface area contributed by atoms with E-state index in [9.17, 15) is 24.0 Å². The lowest BCUT2D eigenvalue weighted by Gasteiger charge is -2.26. The fourth-order valence-corrected chi connectivity index (χ4v) is 2.82. The molecule has 0 bridgehead atoms. The van der Waals surface area contributed by atoms with Gasteiger partial charge in [-0.3, -0.25) is 19.2 Å². The minimum atomic E-state index is -1.36. The van der Waals surface area contributed by atoms with Gasteiger partial charge in [0.05, 0.1) is 12.6 Å². The molecule has 1 aliphatic heterocycles. The van der Waals surface area contributed by atoms with Crippen LogP contribution in [-0.4, -0.2) is 76.0 Å². The molecule has 0 aromatic heterocycles. The Morgan fingerprint density at radius 2 is 1.82 bits per heavy atom. The van der Waals surface area contributed by atoms with Gasteiger partial charge in [-0.1, -0.05) is 13.8 Å².